The normalized spacial score (nSPS) is 13.7. The van der Waals surface area contributed by atoms with Crippen molar-refractivity contribution in [2.75, 3.05) is 0 Å². The maximum Gasteiger partial charge on any atom is 0.247 e. The molecule has 3 aromatic carbocycles. The molecule has 1 heterocycles. The first-order valence-corrected chi connectivity index (χ1v) is 15.5. The Kier molecular flexibility index (Phi) is 9.41. The van der Waals surface area contributed by atoms with Crippen molar-refractivity contribution in [1.29, 1.82) is 0 Å². The Morgan fingerprint density at radius 3 is 2.14 bits per heavy atom. The van der Waals surface area contributed by atoms with Gasteiger partial charge in [0.25, 0.3) is 0 Å². The number of aryl methyl sites for hydroxylation is 1. The lowest BCUT2D eigenvalue weighted by Crippen LogP contribution is -2.43. The molecule has 4 aromatic rings. The van der Waals surface area contributed by atoms with Crippen LogP contribution < -0.4 is 10.0 Å². The van der Waals surface area contributed by atoms with Crippen LogP contribution in [0.3, 0.4) is 0 Å². The first-order valence-electron chi connectivity index (χ1n) is 14.1. The zero-order chi connectivity index (χ0) is 29.4. The monoisotopic (exact) mass is 582 g/mol. The quantitative estimate of drug-likeness (QED) is 0.241. The Morgan fingerprint density at radius 1 is 0.833 bits per heavy atom. The molecule has 0 saturated heterocycles. The lowest BCUT2D eigenvalue weighted by molar-refractivity contribution is -0.141. The number of rotatable bonds is 13. The molecule has 1 aliphatic rings. The summed E-state index contributed by atoms with van der Waals surface area (Å²) in [4.78, 5) is 33.6. The average Bonchev–Trinajstić information content (AvgIpc) is 3.83. The van der Waals surface area contributed by atoms with Gasteiger partial charge in [-0.3, -0.25) is 14.6 Å². The van der Waals surface area contributed by atoms with Crippen LogP contribution in [0.1, 0.15) is 47.6 Å². The average molecular weight is 583 g/mol. The van der Waals surface area contributed by atoms with Gasteiger partial charge in [-0.1, -0.05) is 78.9 Å². The molecule has 1 aliphatic carbocycles. The second-order valence-electron chi connectivity index (χ2n) is 10.4. The van der Waals surface area contributed by atoms with Crippen LogP contribution in [0.5, 0.6) is 0 Å². The molecule has 1 aromatic heterocycles. The molecular weight excluding hydrogens is 548 g/mol. The van der Waals surface area contributed by atoms with E-state index in [1.54, 1.807) is 41.6 Å². The van der Waals surface area contributed by atoms with Crippen LogP contribution in [0, 0.1) is 0 Å². The standard InChI is InChI=1S/C33H34N4O4S/c38-31(20-15-25-13-18-30(19-14-25)42(40,41)36-29-16-17-29)37(24-26-8-3-1-4-9-26)32(28-11-5-2-6-12-28)33(39)35-23-27-10-7-21-34-22-27/h1-14,18-19,21-22,29,32,36H,15-17,20,23-24H2,(H,35,39). The smallest absolute Gasteiger partial charge is 0.247 e. The number of carbonyl (C=O) groups is 2. The summed E-state index contributed by atoms with van der Waals surface area (Å²) < 4.78 is 27.7. The number of amides is 2. The number of sulfonamides is 1. The zero-order valence-electron chi connectivity index (χ0n) is 23.2. The molecule has 5 rings (SSSR count). The van der Waals surface area contributed by atoms with Gasteiger partial charge in [0.05, 0.1) is 4.90 Å². The molecule has 9 heteroatoms. The fourth-order valence-corrected chi connectivity index (χ4v) is 6.02. The summed E-state index contributed by atoms with van der Waals surface area (Å²) in [7, 11) is -3.54. The van der Waals surface area contributed by atoms with Crippen molar-refractivity contribution in [3.8, 4) is 0 Å². The fourth-order valence-electron chi connectivity index (χ4n) is 4.72. The van der Waals surface area contributed by atoms with Gasteiger partial charge in [0.1, 0.15) is 6.04 Å². The van der Waals surface area contributed by atoms with Gasteiger partial charge in [-0.2, -0.15) is 0 Å². The third-order valence-corrected chi connectivity index (χ3v) is 8.68. The van der Waals surface area contributed by atoms with E-state index in [1.807, 2.05) is 72.8 Å². The van der Waals surface area contributed by atoms with E-state index in [2.05, 4.69) is 15.0 Å². The van der Waals surface area contributed by atoms with Gasteiger partial charge in [-0.15, -0.1) is 0 Å². The van der Waals surface area contributed by atoms with Crippen LogP contribution in [-0.2, 0) is 39.1 Å². The van der Waals surface area contributed by atoms with Crippen molar-refractivity contribution in [1.82, 2.24) is 19.9 Å². The summed E-state index contributed by atoms with van der Waals surface area (Å²) in [6, 6.07) is 28.4. The van der Waals surface area contributed by atoms with Crippen LogP contribution in [0.2, 0.25) is 0 Å². The Bertz CT molecular complexity index is 1580. The minimum absolute atomic E-state index is 0.0296. The number of hydrogen-bond acceptors (Lipinski definition) is 5. The van der Waals surface area contributed by atoms with Crippen molar-refractivity contribution in [2.45, 2.75) is 55.8 Å². The summed E-state index contributed by atoms with van der Waals surface area (Å²) in [6.45, 7) is 0.539. The molecule has 8 nitrogen and oxygen atoms in total. The Morgan fingerprint density at radius 2 is 1.50 bits per heavy atom. The van der Waals surface area contributed by atoms with Crippen molar-refractivity contribution in [3.63, 3.8) is 0 Å². The lowest BCUT2D eigenvalue weighted by Gasteiger charge is -2.32. The van der Waals surface area contributed by atoms with E-state index in [1.165, 1.54) is 0 Å². The van der Waals surface area contributed by atoms with Crippen LogP contribution >= 0.6 is 0 Å². The molecule has 1 atom stereocenters. The summed E-state index contributed by atoms with van der Waals surface area (Å²) >= 11 is 0. The first kappa shape index (κ1) is 29.2. The fraction of sp³-hybridized carbons (Fsp3) is 0.242. The Balaban J connectivity index is 1.35. The van der Waals surface area contributed by atoms with Gasteiger partial charge in [0, 0.05) is 37.9 Å². The predicted molar refractivity (Wildman–Crippen MR) is 160 cm³/mol. The van der Waals surface area contributed by atoms with Gasteiger partial charge in [0.2, 0.25) is 21.8 Å². The van der Waals surface area contributed by atoms with Crippen LogP contribution in [0.15, 0.2) is 114 Å². The highest BCUT2D eigenvalue weighted by Crippen LogP contribution is 2.26. The Hall–Kier alpha value is -4.34. The van der Waals surface area contributed by atoms with E-state index < -0.39 is 16.1 Å². The molecular formula is C33H34N4O4S. The molecule has 1 fully saturated rings. The number of aromatic nitrogens is 1. The lowest BCUT2D eigenvalue weighted by atomic mass is 10.0. The third-order valence-electron chi connectivity index (χ3n) is 7.14. The number of benzene rings is 3. The largest absolute Gasteiger partial charge is 0.350 e. The molecule has 1 unspecified atom stereocenters. The van der Waals surface area contributed by atoms with Gasteiger partial charge < -0.3 is 10.2 Å². The third kappa shape index (κ3) is 7.90. The first-order chi connectivity index (χ1) is 20.4. The van der Waals surface area contributed by atoms with Gasteiger partial charge in [-0.25, -0.2) is 13.1 Å². The van der Waals surface area contributed by atoms with Crippen LogP contribution in [-0.4, -0.2) is 36.2 Å². The molecule has 42 heavy (non-hydrogen) atoms. The highest BCUT2D eigenvalue weighted by Gasteiger charge is 2.31. The SMILES string of the molecule is O=C(NCc1cccnc1)C(c1ccccc1)N(Cc1ccccc1)C(=O)CCc1ccc(S(=O)(=O)NC2CC2)cc1. The number of carbonyl (C=O) groups excluding carboxylic acids is 2. The van der Waals surface area contributed by atoms with E-state index in [0.29, 0.717) is 12.0 Å². The van der Waals surface area contributed by atoms with E-state index in [9.17, 15) is 18.0 Å². The molecule has 2 amide bonds. The summed E-state index contributed by atoms with van der Waals surface area (Å²) in [5.41, 5.74) is 3.31. The number of pyridine rings is 1. The summed E-state index contributed by atoms with van der Waals surface area (Å²) in [6.07, 6.45) is 5.66. The van der Waals surface area contributed by atoms with E-state index in [-0.39, 0.29) is 42.3 Å². The van der Waals surface area contributed by atoms with E-state index in [0.717, 1.165) is 29.5 Å². The van der Waals surface area contributed by atoms with Crippen LogP contribution in [0.4, 0.5) is 0 Å². The maximum atomic E-state index is 13.9. The number of hydrogen-bond donors (Lipinski definition) is 2. The number of nitrogens with one attached hydrogen (secondary N) is 2. The predicted octanol–water partition coefficient (Wildman–Crippen LogP) is 4.54. The molecule has 0 bridgehead atoms. The Labute approximate surface area is 246 Å². The summed E-state index contributed by atoms with van der Waals surface area (Å²) in [5.74, 6) is -0.469. The van der Waals surface area contributed by atoms with Crippen molar-refractivity contribution in [2.24, 2.45) is 0 Å². The van der Waals surface area contributed by atoms with Crippen molar-refractivity contribution in [3.05, 3.63) is 132 Å². The maximum absolute atomic E-state index is 13.9. The van der Waals surface area contributed by atoms with Gasteiger partial charge in [-0.05, 0) is 59.7 Å². The summed E-state index contributed by atoms with van der Waals surface area (Å²) in [5, 5.41) is 2.99. The van der Waals surface area contributed by atoms with Gasteiger partial charge in [0.15, 0.2) is 0 Å². The number of nitrogens with zero attached hydrogens (tertiary/aromatic N) is 2. The highest BCUT2D eigenvalue weighted by atomic mass is 32.2. The van der Waals surface area contributed by atoms with E-state index >= 15 is 0 Å². The molecule has 216 valence electrons. The molecule has 1 saturated carbocycles. The van der Waals surface area contributed by atoms with Crippen molar-refractivity contribution < 1.29 is 18.0 Å². The minimum Gasteiger partial charge on any atom is -0.350 e. The molecule has 2 N–H and O–H groups in total. The van der Waals surface area contributed by atoms with E-state index in [4.69, 9.17) is 0 Å². The topological polar surface area (TPSA) is 108 Å². The second-order valence-corrected chi connectivity index (χ2v) is 12.2. The molecule has 0 radical (unpaired) electrons. The second kappa shape index (κ2) is 13.5. The molecule has 0 spiro atoms. The minimum atomic E-state index is -3.54. The van der Waals surface area contributed by atoms with Gasteiger partial charge >= 0.3 is 0 Å². The molecule has 0 aliphatic heterocycles. The van der Waals surface area contributed by atoms with Crippen LogP contribution in [0.25, 0.3) is 0 Å². The van der Waals surface area contributed by atoms with Crippen molar-refractivity contribution >= 4 is 21.8 Å². The highest BCUT2D eigenvalue weighted by molar-refractivity contribution is 7.89. The zero-order valence-corrected chi connectivity index (χ0v) is 24.0.